The Hall–Kier alpha value is -3.98. The Kier molecular flexibility index (Phi) is 15.7. The number of nitrogens with zero attached hydrogens (tertiary/aromatic N) is 1. The molecule has 0 aliphatic carbocycles. The molecule has 3 amide bonds. The molecular formula is C40H58N4O10. The first-order valence-corrected chi connectivity index (χ1v) is 19.5. The molecule has 14 nitrogen and oxygen atoms in total. The summed E-state index contributed by atoms with van der Waals surface area (Å²) < 4.78 is 35.3. The second-order valence-electron chi connectivity index (χ2n) is 14.8. The monoisotopic (exact) mass is 754 g/mol. The van der Waals surface area contributed by atoms with Gasteiger partial charge in [-0.15, -0.1) is 0 Å². The van der Waals surface area contributed by atoms with Crippen LogP contribution in [0.3, 0.4) is 0 Å². The minimum atomic E-state index is -1.09. The van der Waals surface area contributed by atoms with E-state index in [9.17, 15) is 19.2 Å². The fourth-order valence-electron chi connectivity index (χ4n) is 7.42. The number of morpholine rings is 1. The molecule has 14 heteroatoms. The Morgan fingerprint density at radius 2 is 1.74 bits per heavy atom. The van der Waals surface area contributed by atoms with Gasteiger partial charge in [-0.3, -0.25) is 9.69 Å². The molecule has 0 aromatic heterocycles. The van der Waals surface area contributed by atoms with E-state index in [1.807, 2.05) is 56.3 Å². The average Bonchev–Trinajstić information content (AvgIpc) is 3.15. The number of alkyl carbamates (subject to hydrolysis) is 2. The molecule has 3 N–H and O–H groups in total. The van der Waals surface area contributed by atoms with Crippen LogP contribution in [0.4, 0.5) is 9.59 Å². The van der Waals surface area contributed by atoms with Gasteiger partial charge in [0, 0.05) is 58.4 Å². The lowest BCUT2D eigenvalue weighted by Crippen LogP contribution is -2.54. The number of carbonyl (C=O) groups is 4. The van der Waals surface area contributed by atoms with Crippen LogP contribution >= 0.6 is 0 Å². The molecular weight excluding hydrogens is 696 g/mol. The molecule has 54 heavy (non-hydrogen) atoms. The molecule has 298 valence electrons. The molecule has 3 aliphatic rings. The highest BCUT2D eigenvalue weighted by atomic mass is 16.7. The van der Waals surface area contributed by atoms with Gasteiger partial charge in [-0.2, -0.15) is 0 Å². The van der Waals surface area contributed by atoms with E-state index in [1.165, 1.54) is 0 Å². The Labute approximate surface area is 318 Å². The highest BCUT2D eigenvalue weighted by Gasteiger charge is 2.47. The summed E-state index contributed by atoms with van der Waals surface area (Å²) in [6.45, 7) is 10.5. The van der Waals surface area contributed by atoms with Crippen LogP contribution in [0.2, 0.25) is 0 Å². The van der Waals surface area contributed by atoms with Crippen molar-refractivity contribution in [2.75, 3.05) is 52.6 Å². The third-order valence-electron chi connectivity index (χ3n) is 10.00. The van der Waals surface area contributed by atoms with E-state index in [0.717, 1.165) is 35.8 Å². The van der Waals surface area contributed by atoms with Crippen molar-refractivity contribution in [2.45, 2.75) is 109 Å². The number of nitrogens with one attached hydrogen (secondary N) is 3. The molecule has 5 atom stereocenters. The second kappa shape index (κ2) is 20.6. The zero-order chi connectivity index (χ0) is 38.3. The summed E-state index contributed by atoms with van der Waals surface area (Å²) in [6.07, 6.45) is 0.953. The lowest BCUT2D eigenvalue weighted by Gasteiger charge is -2.47. The van der Waals surface area contributed by atoms with Gasteiger partial charge in [-0.05, 0) is 54.9 Å². The number of rotatable bonds is 16. The van der Waals surface area contributed by atoms with Crippen molar-refractivity contribution < 1.29 is 47.6 Å². The largest absolute Gasteiger partial charge is 0.464 e. The van der Waals surface area contributed by atoms with Crippen LogP contribution in [-0.2, 0) is 44.6 Å². The van der Waals surface area contributed by atoms with Crippen LogP contribution in [0, 0.1) is 5.92 Å². The van der Waals surface area contributed by atoms with E-state index in [0.29, 0.717) is 71.4 Å². The Balaban J connectivity index is 1.19. The number of ether oxygens (including phenoxy) is 6. The Morgan fingerprint density at radius 1 is 0.963 bits per heavy atom. The highest BCUT2D eigenvalue weighted by Crippen LogP contribution is 2.41. The molecule has 3 aliphatic heterocycles. The molecule has 2 aromatic rings. The van der Waals surface area contributed by atoms with Crippen molar-refractivity contribution in [2.24, 2.45) is 5.92 Å². The lowest BCUT2D eigenvalue weighted by atomic mass is 9.90. The fourth-order valence-corrected chi connectivity index (χ4v) is 7.42. The first kappa shape index (κ1) is 41.2. The topological polar surface area (TPSA) is 163 Å². The van der Waals surface area contributed by atoms with Crippen LogP contribution in [0.5, 0.6) is 0 Å². The maximum absolute atomic E-state index is 13.2. The van der Waals surface area contributed by atoms with Crippen molar-refractivity contribution in [3.63, 3.8) is 0 Å². The average molecular weight is 755 g/mol. The normalized spacial score (nSPS) is 23.7. The van der Waals surface area contributed by atoms with Gasteiger partial charge in [0.15, 0.2) is 5.79 Å². The second-order valence-corrected chi connectivity index (χ2v) is 14.8. The van der Waals surface area contributed by atoms with Gasteiger partial charge in [-0.1, -0.05) is 56.3 Å². The number of amides is 3. The highest BCUT2D eigenvalue weighted by molar-refractivity contribution is 5.86. The summed E-state index contributed by atoms with van der Waals surface area (Å²) in [7, 11) is 0. The first-order chi connectivity index (χ1) is 26.1. The summed E-state index contributed by atoms with van der Waals surface area (Å²) in [5, 5.41) is 10.7. The maximum atomic E-state index is 13.2. The van der Waals surface area contributed by atoms with Gasteiger partial charge >= 0.3 is 18.2 Å². The summed E-state index contributed by atoms with van der Waals surface area (Å²) in [5.41, 5.74) is 0.972. The van der Waals surface area contributed by atoms with Crippen LogP contribution < -0.4 is 16.0 Å². The fraction of sp³-hybridized carbons (Fsp3) is 0.650. The predicted octanol–water partition coefficient (Wildman–Crippen LogP) is 4.81. The maximum Gasteiger partial charge on any atom is 0.407 e. The van der Waals surface area contributed by atoms with Crippen LogP contribution in [0.15, 0.2) is 42.5 Å². The molecule has 4 unspecified atom stereocenters. The van der Waals surface area contributed by atoms with Gasteiger partial charge in [0.05, 0.1) is 32.0 Å². The summed E-state index contributed by atoms with van der Waals surface area (Å²) in [5.74, 6) is -1.67. The number of benzene rings is 2. The lowest BCUT2D eigenvalue weighted by molar-refractivity contribution is -0.329. The van der Waals surface area contributed by atoms with E-state index in [-0.39, 0.29) is 31.5 Å². The van der Waals surface area contributed by atoms with Gasteiger partial charge < -0.3 is 44.4 Å². The van der Waals surface area contributed by atoms with Gasteiger partial charge in [0.1, 0.15) is 18.8 Å². The number of hydrogen-bond donors (Lipinski definition) is 3. The number of carbonyl (C=O) groups excluding carboxylic acids is 4. The molecule has 1 spiro atoms. The predicted molar refractivity (Wildman–Crippen MR) is 200 cm³/mol. The first-order valence-electron chi connectivity index (χ1n) is 19.5. The molecule has 0 saturated carbocycles. The van der Waals surface area contributed by atoms with E-state index in [4.69, 9.17) is 28.4 Å². The molecule has 0 bridgehead atoms. The molecule has 3 fully saturated rings. The summed E-state index contributed by atoms with van der Waals surface area (Å²) in [4.78, 5) is 53.7. The molecule has 3 heterocycles. The molecule has 2 aromatic carbocycles. The standard InChI is InChI=1S/C40H58N4O10/c1-4-50-37(46)35(23-28(2)3)43-36(45)15-14-31-24-33(52-39(48)42-26-30-11-7-10-29-9-5-6-13-34(29)30)25-40(53-31)16-8-12-32(54-40)27-51-38(47)41-17-18-44-19-21-49-22-20-44/h5-7,9-11,13,28,31-33,35H,4,8,12,14-27H2,1-3H3,(H,41,47)(H,42,48)(H,43,45)/t31?,32?,33?,35-,40?/m0/s1. The van der Waals surface area contributed by atoms with Crippen LogP contribution in [0.1, 0.15) is 77.7 Å². The SMILES string of the molecule is CCOC(=O)[C@H](CC(C)C)NC(=O)CCC1CC(OC(=O)NCc2cccc3ccccc23)CC2(CCCC(COC(=O)NCCN3CCOCC3)O2)O1. The van der Waals surface area contributed by atoms with E-state index < -0.39 is 48.3 Å². The molecule has 0 radical (unpaired) electrons. The third-order valence-corrected chi connectivity index (χ3v) is 10.00. The van der Waals surface area contributed by atoms with Crippen molar-refractivity contribution in [1.82, 2.24) is 20.9 Å². The van der Waals surface area contributed by atoms with Crippen molar-refractivity contribution in [1.29, 1.82) is 0 Å². The third kappa shape index (κ3) is 12.8. The quantitative estimate of drug-likeness (QED) is 0.159. The smallest absolute Gasteiger partial charge is 0.407 e. The molecule has 3 saturated heterocycles. The van der Waals surface area contributed by atoms with Gasteiger partial charge in [0.25, 0.3) is 0 Å². The van der Waals surface area contributed by atoms with Gasteiger partial charge in [0.2, 0.25) is 5.91 Å². The summed E-state index contributed by atoms with van der Waals surface area (Å²) >= 11 is 0. The zero-order valence-corrected chi connectivity index (χ0v) is 32.0. The minimum absolute atomic E-state index is 0.0453. The van der Waals surface area contributed by atoms with Gasteiger partial charge in [-0.25, -0.2) is 14.4 Å². The van der Waals surface area contributed by atoms with Crippen molar-refractivity contribution in [3.8, 4) is 0 Å². The minimum Gasteiger partial charge on any atom is -0.464 e. The van der Waals surface area contributed by atoms with Crippen molar-refractivity contribution in [3.05, 3.63) is 48.0 Å². The Bertz CT molecular complexity index is 1530. The van der Waals surface area contributed by atoms with Crippen molar-refractivity contribution >= 4 is 34.8 Å². The van der Waals surface area contributed by atoms with E-state index in [2.05, 4.69) is 20.9 Å². The van der Waals surface area contributed by atoms with Crippen LogP contribution in [-0.4, -0.2) is 112 Å². The number of esters is 1. The Morgan fingerprint density at radius 3 is 2.54 bits per heavy atom. The number of hydrogen-bond acceptors (Lipinski definition) is 11. The molecule has 5 rings (SSSR count). The van der Waals surface area contributed by atoms with E-state index in [1.54, 1.807) is 6.92 Å². The zero-order valence-electron chi connectivity index (χ0n) is 32.0. The van der Waals surface area contributed by atoms with E-state index >= 15 is 0 Å². The van der Waals surface area contributed by atoms with Crippen LogP contribution in [0.25, 0.3) is 10.8 Å². The number of fused-ring (bicyclic) bond motifs is 1. The summed E-state index contributed by atoms with van der Waals surface area (Å²) in [6, 6.07) is 13.2.